The fourth-order valence-electron chi connectivity index (χ4n) is 3.26. The summed E-state index contributed by atoms with van der Waals surface area (Å²) >= 11 is 0. The lowest BCUT2D eigenvalue weighted by Gasteiger charge is -2.32. The summed E-state index contributed by atoms with van der Waals surface area (Å²) in [5, 5.41) is 6.99. The van der Waals surface area contributed by atoms with Crippen molar-refractivity contribution in [2.45, 2.75) is 45.6 Å². The number of rotatable bonds is 8. The summed E-state index contributed by atoms with van der Waals surface area (Å²) in [6.45, 7) is 9.63. The standard InChI is InChI=1S/C20H34N4O.HI/c1-4-13-24-14-10-18(11-15-24)23-20(21-5-2)22-12-9-17-7-6-8-19(16-17)25-3;/h6-8,16,18H,4-5,9-15H2,1-3H3,(H2,21,22,23);1H. The summed E-state index contributed by atoms with van der Waals surface area (Å²) in [6.07, 6.45) is 4.55. The van der Waals surface area contributed by atoms with E-state index in [2.05, 4.69) is 41.5 Å². The molecule has 1 heterocycles. The number of halogens is 1. The molecule has 0 unspecified atom stereocenters. The maximum atomic E-state index is 5.28. The molecule has 1 aromatic carbocycles. The van der Waals surface area contributed by atoms with Gasteiger partial charge >= 0.3 is 0 Å². The zero-order valence-electron chi connectivity index (χ0n) is 16.5. The van der Waals surface area contributed by atoms with E-state index >= 15 is 0 Å². The SMILES string of the molecule is CCCN1CCC(NC(=NCCc2cccc(OC)c2)NCC)CC1.I. The monoisotopic (exact) mass is 474 g/mol. The van der Waals surface area contributed by atoms with Crippen LogP contribution >= 0.6 is 24.0 Å². The number of guanidine groups is 1. The van der Waals surface area contributed by atoms with Crippen LogP contribution in [0.25, 0.3) is 0 Å². The zero-order chi connectivity index (χ0) is 17.9. The molecule has 1 aliphatic heterocycles. The number of aliphatic imine (C=N–C) groups is 1. The normalized spacial score (nSPS) is 16.0. The molecule has 148 valence electrons. The van der Waals surface area contributed by atoms with Gasteiger partial charge < -0.3 is 20.3 Å². The van der Waals surface area contributed by atoms with Crippen molar-refractivity contribution >= 4 is 29.9 Å². The molecule has 2 rings (SSSR count). The van der Waals surface area contributed by atoms with Gasteiger partial charge in [0.25, 0.3) is 0 Å². The zero-order valence-corrected chi connectivity index (χ0v) is 18.8. The molecule has 1 aliphatic rings. The highest BCUT2D eigenvalue weighted by atomic mass is 127. The second-order valence-corrected chi connectivity index (χ2v) is 6.62. The van der Waals surface area contributed by atoms with Crippen LogP contribution in [0, 0.1) is 0 Å². The number of nitrogens with zero attached hydrogens (tertiary/aromatic N) is 2. The van der Waals surface area contributed by atoms with Gasteiger partial charge in [0.05, 0.1) is 7.11 Å². The first-order chi connectivity index (χ1) is 12.2. The molecule has 26 heavy (non-hydrogen) atoms. The molecule has 0 spiro atoms. The minimum Gasteiger partial charge on any atom is -0.497 e. The molecule has 0 aromatic heterocycles. The minimum absolute atomic E-state index is 0. The van der Waals surface area contributed by atoms with Gasteiger partial charge in [0, 0.05) is 32.2 Å². The molecule has 0 saturated carbocycles. The summed E-state index contributed by atoms with van der Waals surface area (Å²) < 4.78 is 5.28. The molecule has 5 nitrogen and oxygen atoms in total. The molecule has 1 saturated heterocycles. The van der Waals surface area contributed by atoms with Crippen LogP contribution in [-0.4, -0.2) is 56.7 Å². The largest absolute Gasteiger partial charge is 0.497 e. The Labute approximate surface area is 176 Å². The van der Waals surface area contributed by atoms with Gasteiger partial charge in [0.1, 0.15) is 5.75 Å². The lowest BCUT2D eigenvalue weighted by Crippen LogP contribution is -2.48. The smallest absolute Gasteiger partial charge is 0.191 e. The van der Waals surface area contributed by atoms with Gasteiger partial charge in [-0.1, -0.05) is 19.1 Å². The quantitative estimate of drug-likeness (QED) is 0.345. The van der Waals surface area contributed by atoms with Crippen molar-refractivity contribution in [3.8, 4) is 5.75 Å². The molecule has 6 heteroatoms. The van der Waals surface area contributed by atoms with E-state index < -0.39 is 0 Å². The molecular weight excluding hydrogens is 439 g/mol. The van der Waals surface area contributed by atoms with E-state index in [0.29, 0.717) is 6.04 Å². The predicted octanol–water partition coefficient (Wildman–Crippen LogP) is 3.29. The van der Waals surface area contributed by atoms with Crippen LogP contribution in [0.2, 0.25) is 0 Å². The Bertz CT molecular complexity index is 530. The fraction of sp³-hybridized carbons (Fsp3) is 0.650. The van der Waals surface area contributed by atoms with Crippen LogP contribution in [0.5, 0.6) is 5.75 Å². The van der Waals surface area contributed by atoms with E-state index in [1.165, 1.54) is 44.5 Å². The van der Waals surface area contributed by atoms with E-state index in [0.717, 1.165) is 31.2 Å². The van der Waals surface area contributed by atoms with E-state index in [4.69, 9.17) is 9.73 Å². The molecule has 0 bridgehead atoms. The topological polar surface area (TPSA) is 48.9 Å². The summed E-state index contributed by atoms with van der Waals surface area (Å²) in [5.74, 6) is 1.85. The van der Waals surface area contributed by atoms with Gasteiger partial charge in [-0.3, -0.25) is 4.99 Å². The molecule has 0 atom stereocenters. The van der Waals surface area contributed by atoms with Crippen LogP contribution in [0.1, 0.15) is 38.7 Å². The van der Waals surface area contributed by atoms with Crippen molar-refractivity contribution in [1.29, 1.82) is 0 Å². The van der Waals surface area contributed by atoms with Crippen LogP contribution in [0.4, 0.5) is 0 Å². The Morgan fingerprint density at radius 3 is 2.69 bits per heavy atom. The number of hydrogen-bond acceptors (Lipinski definition) is 3. The van der Waals surface area contributed by atoms with Gasteiger partial charge in [-0.2, -0.15) is 0 Å². The number of methoxy groups -OCH3 is 1. The molecule has 0 aliphatic carbocycles. The van der Waals surface area contributed by atoms with Crippen LogP contribution in [0.3, 0.4) is 0 Å². The second-order valence-electron chi connectivity index (χ2n) is 6.62. The third-order valence-corrected chi connectivity index (χ3v) is 4.62. The molecule has 2 N–H and O–H groups in total. The van der Waals surface area contributed by atoms with E-state index in [1.54, 1.807) is 7.11 Å². The molecular formula is C20H35IN4O. The highest BCUT2D eigenvalue weighted by Gasteiger charge is 2.19. The fourth-order valence-corrected chi connectivity index (χ4v) is 3.26. The predicted molar refractivity (Wildman–Crippen MR) is 121 cm³/mol. The van der Waals surface area contributed by atoms with Gasteiger partial charge in [-0.25, -0.2) is 0 Å². The number of likely N-dealkylation sites (tertiary alicyclic amines) is 1. The Morgan fingerprint density at radius 1 is 1.27 bits per heavy atom. The second kappa shape index (κ2) is 13.2. The number of benzene rings is 1. The minimum atomic E-state index is 0. The number of hydrogen-bond donors (Lipinski definition) is 2. The summed E-state index contributed by atoms with van der Waals surface area (Å²) in [4.78, 5) is 7.31. The number of ether oxygens (including phenoxy) is 1. The first-order valence-electron chi connectivity index (χ1n) is 9.65. The lowest BCUT2D eigenvalue weighted by atomic mass is 10.1. The van der Waals surface area contributed by atoms with Crippen molar-refractivity contribution < 1.29 is 4.74 Å². The molecule has 0 amide bonds. The van der Waals surface area contributed by atoms with E-state index in [-0.39, 0.29) is 24.0 Å². The first-order valence-corrected chi connectivity index (χ1v) is 9.65. The Morgan fingerprint density at radius 2 is 2.04 bits per heavy atom. The van der Waals surface area contributed by atoms with Gasteiger partial charge in [0.2, 0.25) is 0 Å². The lowest BCUT2D eigenvalue weighted by molar-refractivity contribution is 0.206. The van der Waals surface area contributed by atoms with Crippen molar-refractivity contribution in [3.63, 3.8) is 0 Å². The first kappa shape index (κ1) is 23.0. The third kappa shape index (κ3) is 8.12. The summed E-state index contributed by atoms with van der Waals surface area (Å²) in [6, 6.07) is 8.75. The molecule has 1 aromatic rings. The maximum absolute atomic E-state index is 5.28. The van der Waals surface area contributed by atoms with Crippen LogP contribution < -0.4 is 15.4 Å². The highest BCUT2D eigenvalue weighted by Crippen LogP contribution is 2.13. The van der Waals surface area contributed by atoms with Crippen LogP contribution in [-0.2, 0) is 6.42 Å². The summed E-state index contributed by atoms with van der Waals surface area (Å²) in [7, 11) is 1.70. The summed E-state index contributed by atoms with van der Waals surface area (Å²) in [5.41, 5.74) is 1.26. The number of piperidine rings is 1. The Hall–Kier alpha value is -1.02. The third-order valence-electron chi connectivity index (χ3n) is 4.62. The van der Waals surface area contributed by atoms with E-state index in [9.17, 15) is 0 Å². The molecule has 0 radical (unpaired) electrons. The maximum Gasteiger partial charge on any atom is 0.191 e. The van der Waals surface area contributed by atoms with E-state index in [1.807, 2.05) is 12.1 Å². The van der Waals surface area contributed by atoms with Crippen molar-refractivity contribution in [2.24, 2.45) is 4.99 Å². The number of nitrogens with one attached hydrogen (secondary N) is 2. The van der Waals surface area contributed by atoms with Gasteiger partial charge in [-0.15, -0.1) is 24.0 Å². The van der Waals surface area contributed by atoms with Gasteiger partial charge in [0.15, 0.2) is 5.96 Å². The van der Waals surface area contributed by atoms with Crippen LogP contribution in [0.15, 0.2) is 29.3 Å². The molecule has 1 fully saturated rings. The van der Waals surface area contributed by atoms with Crippen molar-refractivity contribution in [3.05, 3.63) is 29.8 Å². The Balaban J connectivity index is 0.00000338. The Kier molecular flexibility index (Phi) is 11.7. The van der Waals surface area contributed by atoms with Gasteiger partial charge in [-0.05, 0) is 56.8 Å². The van der Waals surface area contributed by atoms with Crippen molar-refractivity contribution in [2.75, 3.05) is 39.8 Å². The van der Waals surface area contributed by atoms with Crippen molar-refractivity contribution in [1.82, 2.24) is 15.5 Å². The average Bonchev–Trinajstić information content (AvgIpc) is 2.64. The highest BCUT2D eigenvalue weighted by molar-refractivity contribution is 14.0. The average molecular weight is 474 g/mol.